The lowest BCUT2D eigenvalue weighted by Gasteiger charge is -2.26. The molecule has 1 fully saturated rings. The summed E-state index contributed by atoms with van der Waals surface area (Å²) in [6.07, 6.45) is 1.32. The fraction of sp³-hybridized carbons (Fsp3) is 0.0400. The number of anilines is 2. The second-order valence-electron chi connectivity index (χ2n) is 7.63. The van der Waals surface area contributed by atoms with E-state index in [-0.39, 0.29) is 23.6 Å². The first-order valence-electron chi connectivity index (χ1n) is 10.5. The molecule has 37 heavy (non-hydrogen) atoms. The number of benzene rings is 3. The van der Waals surface area contributed by atoms with Crippen molar-refractivity contribution in [3.63, 3.8) is 0 Å². The molecule has 9 nitrogen and oxygen atoms in total. The van der Waals surface area contributed by atoms with Crippen LogP contribution in [0.4, 0.5) is 16.2 Å². The molecule has 0 aromatic heterocycles. The van der Waals surface area contributed by atoms with Gasteiger partial charge in [0.25, 0.3) is 17.7 Å². The molecule has 1 aliphatic rings. The molecule has 0 atom stereocenters. The Morgan fingerprint density at radius 2 is 1.65 bits per heavy atom. The number of hydrogen-bond acceptors (Lipinski definition) is 6. The molecule has 3 aromatic rings. The van der Waals surface area contributed by atoms with Gasteiger partial charge in [-0.25, -0.2) is 9.69 Å². The fourth-order valence-electron chi connectivity index (χ4n) is 3.33. The lowest BCUT2D eigenvalue weighted by atomic mass is 10.1. The molecule has 1 aliphatic heterocycles. The highest BCUT2D eigenvalue weighted by molar-refractivity contribution is 9.11. The minimum atomic E-state index is -0.902. The SMILES string of the molecule is O=C(COc1c(Br)cc(/C=C2\C(=O)NC(=O)N(c3ccc(O)cc3)C2=O)cc1Br)Nc1ccc(Cl)cc1. The molecule has 0 bridgehead atoms. The van der Waals surface area contributed by atoms with Crippen molar-refractivity contribution in [1.82, 2.24) is 5.32 Å². The summed E-state index contributed by atoms with van der Waals surface area (Å²) < 4.78 is 6.53. The average Bonchev–Trinajstić information content (AvgIpc) is 2.84. The van der Waals surface area contributed by atoms with Gasteiger partial charge in [-0.1, -0.05) is 11.6 Å². The number of rotatable bonds is 6. The number of aromatic hydroxyl groups is 1. The number of urea groups is 1. The van der Waals surface area contributed by atoms with Gasteiger partial charge in [-0.15, -0.1) is 0 Å². The summed E-state index contributed by atoms with van der Waals surface area (Å²) in [6.45, 7) is -0.287. The van der Waals surface area contributed by atoms with Crippen molar-refractivity contribution in [2.45, 2.75) is 0 Å². The smallest absolute Gasteiger partial charge is 0.335 e. The van der Waals surface area contributed by atoms with Crippen molar-refractivity contribution in [3.05, 3.63) is 85.8 Å². The monoisotopic (exact) mass is 647 g/mol. The third-order valence-electron chi connectivity index (χ3n) is 5.02. The highest BCUT2D eigenvalue weighted by atomic mass is 79.9. The van der Waals surface area contributed by atoms with Crippen molar-refractivity contribution in [3.8, 4) is 11.5 Å². The molecule has 0 spiro atoms. The molecule has 0 saturated carbocycles. The molecular formula is C25H16Br2ClN3O6. The third-order valence-corrected chi connectivity index (χ3v) is 6.45. The number of nitrogens with one attached hydrogen (secondary N) is 2. The standard InChI is InChI=1S/C25H16Br2ClN3O6/c26-19-10-13(11-20(27)22(19)37-12-21(33)29-15-3-1-14(28)2-4-15)9-18-23(34)30-25(36)31(24(18)35)16-5-7-17(32)8-6-16/h1-11,32H,12H2,(H,29,33)(H,30,34,36)/b18-9+. The van der Waals surface area contributed by atoms with Gasteiger partial charge in [-0.05, 0) is 104 Å². The Morgan fingerprint density at radius 1 is 1.03 bits per heavy atom. The summed E-state index contributed by atoms with van der Waals surface area (Å²) in [7, 11) is 0. The quantitative estimate of drug-likeness (QED) is 0.248. The van der Waals surface area contributed by atoms with Gasteiger partial charge in [0.15, 0.2) is 6.61 Å². The fourth-order valence-corrected chi connectivity index (χ4v) is 4.91. The Hall–Kier alpha value is -3.67. The van der Waals surface area contributed by atoms with Crippen molar-refractivity contribution >= 4 is 84.7 Å². The number of imide groups is 2. The Bertz CT molecular complexity index is 1420. The van der Waals surface area contributed by atoms with E-state index in [0.717, 1.165) is 4.90 Å². The maximum Gasteiger partial charge on any atom is 0.335 e. The molecule has 3 N–H and O–H groups in total. The van der Waals surface area contributed by atoms with Crippen LogP contribution < -0.4 is 20.3 Å². The van der Waals surface area contributed by atoms with Crippen LogP contribution in [-0.2, 0) is 14.4 Å². The predicted octanol–water partition coefficient (Wildman–Crippen LogP) is 5.25. The third kappa shape index (κ3) is 6.19. The predicted molar refractivity (Wildman–Crippen MR) is 145 cm³/mol. The second kappa shape index (κ2) is 11.2. The molecule has 3 aromatic carbocycles. The maximum atomic E-state index is 13.0. The summed E-state index contributed by atoms with van der Waals surface area (Å²) in [4.78, 5) is 50.9. The number of nitrogens with zero attached hydrogens (tertiary/aromatic N) is 1. The number of carbonyl (C=O) groups excluding carboxylic acids is 4. The van der Waals surface area contributed by atoms with Crippen molar-refractivity contribution < 1.29 is 29.0 Å². The average molecular weight is 650 g/mol. The van der Waals surface area contributed by atoms with Crippen LogP contribution >= 0.6 is 43.5 Å². The van der Waals surface area contributed by atoms with Crippen LogP contribution in [0.15, 0.2) is 75.2 Å². The van der Waals surface area contributed by atoms with Crippen LogP contribution in [0.5, 0.6) is 11.5 Å². The Balaban J connectivity index is 1.51. The second-order valence-corrected chi connectivity index (χ2v) is 9.78. The van der Waals surface area contributed by atoms with Crippen LogP contribution in [0.1, 0.15) is 5.56 Å². The Kier molecular flexibility index (Phi) is 7.96. The number of barbiturate groups is 1. The largest absolute Gasteiger partial charge is 0.508 e. The summed E-state index contributed by atoms with van der Waals surface area (Å²) in [6, 6.07) is 14.3. The van der Waals surface area contributed by atoms with Crippen LogP contribution in [-0.4, -0.2) is 35.5 Å². The van der Waals surface area contributed by atoms with Gasteiger partial charge >= 0.3 is 6.03 Å². The molecule has 0 aliphatic carbocycles. The minimum Gasteiger partial charge on any atom is -0.508 e. The van der Waals surface area contributed by atoms with E-state index < -0.39 is 23.8 Å². The molecule has 4 rings (SSSR count). The zero-order valence-corrected chi connectivity index (χ0v) is 22.6. The number of halogens is 3. The van der Waals surface area contributed by atoms with Crippen molar-refractivity contribution in [1.29, 1.82) is 0 Å². The summed E-state index contributed by atoms with van der Waals surface area (Å²) in [5.41, 5.74) is 0.910. The van der Waals surface area contributed by atoms with Gasteiger partial charge in [-0.2, -0.15) is 0 Å². The van der Waals surface area contributed by atoms with Gasteiger partial charge in [0.2, 0.25) is 0 Å². The number of carbonyl (C=O) groups is 4. The first-order valence-corrected chi connectivity index (χ1v) is 12.5. The van der Waals surface area contributed by atoms with Crippen LogP contribution in [0.25, 0.3) is 6.08 Å². The van der Waals surface area contributed by atoms with Crippen LogP contribution in [0.3, 0.4) is 0 Å². The van der Waals surface area contributed by atoms with E-state index in [1.807, 2.05) is 0 Å². The summed E-state index contributed by atoms with van der Waals surface area (Å²) >= 11 is 12.6. The molecule has 1 saturated heterocycles. The molecule has 188 valence electrons. The van der Waals surface area contributed by atoms with Crippen LogP contribution in [0.2, 0.25) is 5.02 Å². The Labute approximate surface area is 232 Å². The van der Waals surface area contributed by atoms with Gasteiger partial charge in [0.05, 0.1) is 14.6 Å². The van der Waals surface area contributed by atoms with Crippen LogP contribution in [0, 0.1) is 0 Å². The Morgan fingerprint density at radius 3 is 2.27 bits per heavy atom. The van der Waals surface area contributed by atoms with E-state index >= 15 is 0 Å². The normalized spacial score (nSPS) is 14.5. The number of ether oxygens (including phenoxy) is 1. The number of phenols is 1. The zero-order chi connectivity index (χ0) is 26.7. The van der Waals surface area contributed by atoms with Gasteiger partial charge in [0, 0.05) is 10.7 Å². The lowest BCUT2D eigenvalue weighted by Crippen LogP contribution is -2.54. The van der Waals surface area contributed by atoms with Crippen molar-refractivity contribution in [2.24, 2.45) is 0 Å². The molecule has 12 heteroatoms. The summed E-state index contributed by atoms with van der Waals surface area (Å²) in [5, 5.41) is 14.8. The first-order chi connectivity index (χ1) is 17.6. The first kappa shape index (κ1) is 26.4. The highest BCUT2D eigenvalue weighted by Crippen LogP contribution is 2.36. The van der Waals surface area contributed by atoms with E-state index in [9.17, 15) is 24.3 Å². The van der Waals surface area contributed by atoms with Crippen molar-refractivity contribution in [2.75, 3.05) is 16.8 Å². The molecular weight excluding hydrogens is 634 g/mol. The zero-order valence-electron chi connectivity index (χ0n) is 18.6. The molecule has 1 heterocycles. The summed E-state index contributed by atoms with van der Waals surface area (Å²) in [5.74, 6) is -1.79. The van der Waals surface area contributed by atoms with E-state index in [0.29, 0.717) is 31.0 Å². The van der Waals surface area contributed by atoms with E-state index in [4.69, 9.17) is 16.3 Å². The molecule has 5 amide bonds. The van der Waals surface area contributed by atoms with Gasteiger partial charge in [-0.3, -0.25) is 19.7 Å². The lowest BCUT2D eigenvalue weighted by molar-refractivity contribution is -0.122. The molecule has 0 radical (unpaired) electrons. The van der Waals surface area contributed by atoms with E-state index in [1.54, 1.807) is 36.4 Å². The minimum absolute atomic E-state index is 0.0417. The number of hydrogen-bond donors (Lipinski definition) is 3. The molecule has 0 unspecified atom stereocenters. The van der Waals surface area contributed by atoms with E-state index in [2.05, 4.69) is 42.5 Å². The number of phenolic OH excluding ortho intramolecular Hbond substituents is 1. The highest BCUT2D eigenvalue weighted by Gasteiger charge is 2.36. The topological polar surface area (TPSA) is 125 Å². The maximum absolute atomic E-state index is 13.0. The van der Waals surface area contributed by atoms with Gasteiger partial charge < -0.3 is 15.2 Å². The van der Waals surface area contributed by atoms with E-state index in [1.165, 1.54) is 30.3 Å². The number of amides is 5. The van der Waals surface area contributed by atoms with Gasteiger partial charge in [0.1, 0.15) is 17.1 Å².